The van der Waals surface area contributed by atoms with Gasteiger partial charge in [-0.25, -0.2) is 0 Å². The molecule has 0 atom stereocenters. The highest BCUT2D eigenvalue weighted by Gasteiger charge is 2.08. The Morgan fingerprint density at radius 2 is 2.35 bits per heavy atom. The molecule has 0 spiro atoms. The largest absolute Gasteiger partial charge is 0.357 e. The van der Waals surface area contributed by atoms with Crippen LogP contribution in [0.4, 0.5) is 5.69 Å². The molecule has 0 aliphatic rings. The number of pyridine rings is 1. The van der Waals surface area contributed by atoms with Crippen molar-refractivity contribution < 1.29 is 4.79 Å². The van der Waals surface area contributed by atoms with Gasteiger partial charge in [0.1, 0.15) is 5.69 Å². The van der Waals surface area contributed by atoms with Crippen molar-refractivity contribution in [1.29, 1.82) is 0 Å². The minimum absolute atomic E-state index is 0.139. The molecular formula is C13H15N3O. The van der Waals surface area contributed by atoms with Gasteiger partial charge in [0.2, 0.25) is 0 Å². The Bertz CT molecular complexity index is 491. The van der Waals surface area contributed by atoms with Crippen molar-refractivity contribution in [1.82, 2.24) is 9.97 Å². The van der Waals surface area contributed by atoms with Crippen LogP contribution in [-0.2, 0) is 6.42 Å². The zero-order valence-electron chi connectivity index (χ0n) is 9.73. The van der Waals surface area contributed by atoms with Gasteiger partial charge >= 0.3 is 0 Å². The van der Waals surface area contributed by atoms with E-state index < -0.39 is 0 Å². The van der Waals surface area contributed by atoms with E-state index >= 15 is 0 Å². The van der Waals surface area contributed by atoms with E-state index in [1.165, 1.54) is 0 Å². The molecule has 17 heavy (non-hydrogen) atoms. The van der Waals surface area contributed by atoms with E-state index in [1.807, 2.05) is 6.07 Å². The quantitative estimate of drug-likeness (QED) is 0.846. The van der Waals surface area contributed by atoms with Gasteiger partial charge in [-0.15, -0.1) is 0 Å². The summed E-state index contributed by atoms with van der Waals surface area (Å²) >= 11 is 0. The molecule has 0 saturated carbocycles. The van der Waals surface area contributed by atoms with Crippen LogP contribution < -0.4 is 5.32 Å². The third kappa shape index (κ3) is 2.72. The van der Waals surface area contributed by atoms with Crippen LogP contribution >= 0.6 is 0 Å². The fraction of sp³-hybridized carbons (Fsp3) is 0.231. The van der Waals surface area contributed by atoms with E-state index in [0.29, 0.717) is 5.69 Å². The number of nitrogens with zero attached hydrogens (tertiary/aromatic N) is 1. The van der Waals surface area contributed by atoms with Crippen LogP contribution in [0.3, 0.4) is 0 Å². The molecule has 0 aliphatic carbocycles. The molecule has 2 N–H and O–H groups in total. The standard InChI is InChI=1S/C13H15N3O/c1-2-4-10-6-8-14-9-12(10)16-13(17)11-5-3-7-15-11/h3,5-9,15H,2,4H2,1H3,(H,16,17). The predicted molar refractivity (Wildman–Crippen MR) is 67.0 cm³/mol. The van der Waals surface area contributed by atoms with Crippen molar-refractivity contribution in [2.75, 3.05) is 5.32 Å². The second kappa shape index (κ2) is 5.30. The Kier molecular flexibility index (Phi) is 3.55. The zero-order valence-corrected chi connectivity index (χ0v) is 9.73. The number of rotatable bonds is 4. The van der Waals surface area contributed by atoms with Crippen molar-refractivity contribution in [2.24, 2.45) is 0 Å². The molecule has 2 rings (SSSR count). The van der Waals surface area contributed by atoms with Gasteiger partial charge in [0.05, 0.1) is 11.9 Å². The smallest absolute Gasteiger partial charge is 0.272 e. The molecule has 1 amide bonds. The Balaban J connectivity index is 2.15. The average molecular weight is 229 g/mol. The SMILES string of the molecule is CCCc1ccncc1NC(=O)c1ccc[nH]1. The topological polar surface area (TPSA) is 57.8 Å². The van der Waals surface area contributed by atoms with Gasteiger partial charge < -0.3 is 10.3 Å². The van der Waals surface area contributed by atoms with Crippen molar-refractivity contribution in [3.05, 3.63) is 48.0 Å². The van der Waals surface area contributed by atoms with Gasteiger partial charge in [-0.1, -0.05) is 13.3 Å². The Morgan fingerprint density at radius 3 is 3.06 bits per heavy atom. The van der Waals surface area contributed by atoms with Crippen molar-refractivity contribution in [3.8, 4) is 0 Å². The van der Waals surface area contributed by atoms with Gasteiger partial charge in [0.15, 0.2) is 0 Å². The van der Waals surface area contributed by atoms with E-state index in [2.05, 4.69) is 22.2 Å². The Labute approximate surface area is 100 Å². The third-order valence-corrected chi connectivity index (χ3v) is 2.52. The van der Waals surface area contributed by atoms with Crippen LogP contribution in [-0.4, -0.2) is 15.9 Å². The summed E-state index contributed by atoms with van der Waals surface area (Å²) in [5, 5.41) is 2.87. The number of hydrogen-bond acceptors (Lipinski definition) is 2. The first-order chi connectivity index (χ1) is 8.31. The van der Waals surface area contributed by atoms with E-state index in [4.69, 9.17) is 0 Å². The predicted octanol–water partition coefficient (Wildman–Crippen LogP) is 2.61. The van der Waals surface area contributed by atoms with Crippen LogP contribution in [0.15, 0.2) is 36.8 Å². The Morgan fingerprint density at radius 1 is 1.47 bits per heavy atom. The number of carbonyl (C=O) groups is 1. The molecule has 0 fully saturated rings. The maximum Gasteiger partial charge on any atom is 0.272 e. The van der Waals surface area contributed by atoms with E-state index in [-0.39, 0.29) is 5.91 Å². The molecule has 2 aromatic heterocycles. The highest BCUT2D eigenvalue weighted by molar-refractivity contribution is 6.03. The number of aromatic nitrogens is 2. The molecule has 2 aromatic rings. The summed E-state index contributed by atoms with van der Waals surface area (Å²) in [6, 6.07) is 5.48. The second-order valence-electron chi connectivity index (χ2n) is 3.82. The number of hydrogen-bond donors (Lipinski definition) is 2. The van der Waals surface area contributed by atoms with Crippen molar-refractivity contribution >= 4 is 11.6 Å². The molecule has 0 bridgehead atoms. The molecule has 0 aliphatic heterocycles. The number of aryl methyl sites for hydroxylation is 1. The van der Waals surface area contributed by atoms with Gasteiger partial charge in [0.25, 0.3) is 5.91 Å². The summed E-state index contributed by atoms with van der Waals surface area (Å²) in [5.74, 6) is -0.139. The number of anilines is 1. The van der Waals surface area contributed by atoms with Crippen LogP contribution in [0.5, 0.6) is 0 Å². The maximum atomic E-state index is 11.9. The zero-order chi connectivity index (χ0) is 12.1. The number of amides is 1. The summed E-state index contributed by atoms with van der Waals surface area (Å²) < 4.78 is 0. The Hall–Kier alpha value is -2.10. The molecule has 0 radical (unpaired) electrons. The molecular weight excluding hydrogens is 214 g/mol. The normalized spacial score (nSPS) is 10.2. The average Bonchev–Trinajstić information content (AvgIpc) is 2.85. The third-order valence-electron chi connectivity index (χ3n) is 2.52. The van der Waals surface area contributed by atoms with Crippen molar-refractivity contribution in [3.63, 3.8) is 0 Å². The number of H-pyrrole nitrogens is 1. The highest BCUT2D eigenvalue weighted by Crippen LogP contribution is 2.16. The summed E-state index contributed by atoms with van der Waals surface area (Å²) in [6.45, 7) is 2.11. The number of carbonyl (C=O) groups excluding carboxylic acids is 1. The van der Waals surface area contributed by atoms with Gasteiger partial charge in [-0.3, -0.25) is 9.78 Å². The maximum absolute atomic E-state index is 11.9. The number of aromatic amines is 1. The fourth-order valence-electron chi connectivity index (χ4n) is 1.68. The van der Waals surface area contributed by atoms with Crippen LogP contribution in [0.25, 0.3) is 0 Å². The van der Waals surface area contributed by atoms with Gasteiger partial charge in [-0.2, -0.15) is 0 Å². The molecule has 0 unspecified atom stereocenters. The van der Waals surface area contributed by atoms with Crippen LogP contribution in [0, 0.1) is 0 Å². The minimum Gasteiger partial charge on any atom is -0.357 e. The molecule has 0 saturated heterocycles. The lowest BCUT2D eigenvalue weighted by Gasteiger charge is -2.08. The summed E-state index contributed by atoms with van der Waals surface area (Å²) in [7, 11) is 0. The highest BCUT2D eigenvalue weighted by atomic mass is 16.1. The lowest BCUT2D eigenvalue weighted by molar-refractivity contribution is 0.102. The van der Waals surface area contributed by atoms with Gasteiger partial charge in [-0.05, 0) is 30.2 Å². The van der Waals surface area contributed by atoms with Crippen molar-refractivity contribution in [2.45, 2.75) is 19.8 Å². The molecule has 4 heteroatoms. The molecule has 4 nitrogen and oxygen atoms in total. The van der Waals surface area contributed by atoms with Crippen LogP contribution in [0.2, 0.25) is 0 Å². The molecule has 88 valence electrons. The van der Waals surface area contributed by atoms with E-state index in [1.54, 1.807) is 30.7 Å². The summed E-state index contributed by atoms with van der Waals surface area (Å²) in [6.07, 6.45) is 7.13. The number of nitrogens with one attached hydrogen (secondary N) is 2. The lowest BCUT2D eigenvalue weighted by atomic mass is 10.1. The molecule has 2 heterocycles. The molecule has 0 aromatic carbocycles. The van der Waals surface area contributed by atoms with E-state index in [0.717, 1.165) is 24.1 Å². The summed E-state index contributed by atoms with van der Waals surface area (Å²) in [5.41, 5.74) is 2.45. The summed E-state index contributed by atoms with van der Waals surface area (Å²) in [4.78, 5) is 18.8. The lowest BCUT2D eigenvalue weighted by Crippen LogP contribution is -2.13. The monoisotopic (exact) mass is 229 g/mol. The van der Waals surface area contributed by atoms with Crippen LogP contribution in [0.1, 0.15) is 29.4 Å². The van der Waals surface area contributed by atoms with Gasteiger partial charge in [0, 0.05) is 12.4 Å². The fourth-order valence-corrected chi connectivity index (χ4v) is 1.68. The minimum atomic E-state index is -0.139. The first kappa shape index (κ1) is 11.4. The first-order valence-corrected chi connectivity index (χ1v) is 5.69. The first-order valence-electron chi connectivity index (χ1n) is 5.69. The second-order valence-corrected chi connectivity index (χ2v) is 3.82. The van der Waals surface area contributed by atoms with E-state index in [9.17, 15) is 4.79 Å².